The first-order valence-electron chi connectivity index (χ1n) is 9.01. The van der Waals surface area contributed by atoms with Crippen LogP contribution in [0.3, 0.4) is 0 Å². The van der Waals surface area contributed by atoms with Crippen molar-refractivity contribution in [3.63, 3.8) is 0 Å². The van der Waals surface area contributed by atoms with Gasteiger partial charge in [-0.15, -0.1) is 0 Å². The molecule has 0 fully saturated rings. The van der Waals surface area contributed by atoms with E-state index in [1.807, 2.05) is 4.90 Å². The zero-order valence-corrected chi connectivity index (χ0v) is 16.0. The fourth-order valence-electron chi connectivity index (χ4n) is 2.68. The third-order valence-corrected chi connectivity index (χ3v) is 4.35. The lowest BCUT2D eigenvalue weighted by Crippen LogP contribution is -2.52. The van der Waals surface area contributed by atoms with Gasteiger partial charge in [0.25, 0.3) is 0 Å². The molecule has 1 aromatic rings. The van der Waals surface area contributed by atoms with E-state index in [1.54, 1.807) is 13.1 Å². The number of nitrogens with zero attached hydrogens (tertiary/aromatic N) is 3. The number of aromatic nitrogens is 2. The normalized spacial score (nSPS) is 20.9. The largest absolute Gasteiger partial charge is 0.368 e. The summed E-state index contributed by atoms with van der Waals surface area (Å²) in [5.41, 5.74) is 6.38. The number of allylic oxidation sites excluding steroid dienone is 3. The number of anilines is 3. The first-order valence-corrected chi connectivity index (χ1v) is 9.01. The molecule has 4 unspecified atom stereocenters. The Hall–Kier alpha value is -2.29. The topological polar surface area (TPSA) is 79.1 Å². The maximum Gasteiger partial charge on any atom is 0.222 e. The highest BCUT2D eigenvalue weighted by atomic mass is 19.1. The average Bonchev–Trinajstić information content (AvgIpc) is 2.90. The third kappa shape index (κ3) is 5.59. The van der Waals surface area contributed by atoms with Gasteiger partial charge < -0.3 is 16.0 Å². The van der Waals surface area contributed by atoms with Crippen LogP contribution in [0.5, 0.6) is 0 Å². The minimum Gasteiger partial charge on any atom is -0.368 e. The maximum absolute atomic E-state index is 14.3. The lowest BCUT2D eigenvalue weighted by atomic mass is 10.1. The molecule has 150 valence electrons. The second-order valence-electron chi connectivity index (χ2n) is 6.82. The van der Waals surface area contributed by atoms with Gasteiger partial charge in [0.15, 0.2) is 12.1 Å². The van der Waals surface area contributed by atoms with Crippen LogP contribution in [0.2, 0.25) is 0 Å². The lowest BCUT2D eigenvalue weighted by Gasteiger charge is -2.30. The lowest BCUT2D eigenvalue weighted by molar-refractivity contribution is 0.414. The van der Waals surface area contributed by atoms with Crippen molar-refractivity contribution >= 4 is 17.5 Å². The molecule has 0 aromatic carbocycles. The van der Waals surface area contributed by atoms with Gasteiger partial charge in [-0.2, -0.15) is 4.98 Å². The van der Waals surface area contributed by atoms with E-state index in [0.717, 1.165) is 6.42 Å². The van der Waals surface area contributed by atoms with Crippen molar-refractivity contribution in [1.82, 2.24) is 15.3 Å². The van der Waals surface area contributed by atoms with Gasteiger partial charge in [-0.05, 0) is 25.8 Å². The Morgan fingerprint density at radius 1 is 1.41 bits per heavy atom. The van der Waals surface area contributed by atoms with Crippen LogP contribution < -0.4 is 21.3 Å². The number of nitrogen functional groups attached to an aromatic ring is 1. The van der Waals surface area contributed by atoms with E-state index in [1.165, 1.54) is 6.92 Å². The quantitative estimate of drug-likeness (QED) is 0.594. The highest BCUT2D eigenvalue weighted by Gasteiger charge is 2.32. The minimum absolute atomic E-state index is 0.150. The molecule has 0 aliphatic carbocycles. The van der Waals surface area contributed by atoms with E-state index in [-0.39, 0.29) is 5.95 Å². The van der Waals surface area contributed by atoms with Crippen molar-refractivity contribution in [3.8, 4) is 0 Å². The molecule has 0 bridgehead atoms. The number of nitrogens with one attached hydrogen (secondary N) is 2. The number of hydrogen-bond donors (Lipinski definition) is 3. The molecule has 0 saturated heterocycles. The van der Waals surface area contributed by atoms with E-state index in [0.29, 0.717) is 36.1 Å². The van der Waals surface area contributed by atoms with Crippen LogP contribution in [0.25, 0.3) is 0 Å². The van der Waals surface area contributed by atoms with Crippen LogP contribution in [0.1, 0.15) is 34.1 Å². The summed E-state index contributed by atoms with van der Waals surface area (Å²) < 4.78 is 40.6. The molecule has 0 radical (unpaired) electrons. The Kier molecular flexibility index (Phi) is 7.06. The van der Waals surface area contributed by atoms with E-state index in [4.69, 9.17) is 5.73 Å². The van der Waals surface area contributed by atoms with Crippen LogP contribution in [0.4, 0.5) is 30.6 Å². The van der Waals surface area contributed by atoms with Crippen molar-refractivity contribution < 1.29 is 13.2 Å². The SMILES string of the molecule is CCC(C)CN1c2nc(N)ncc2NC1NC(C)/C(F)=C\C(F)=C/C(C)F. The summed E-state index contributed by atoms with van der Waals surface area (Å²) in [6, 6.07) is -0.810. The molecule has 2 heterocycles. The van der Waals surface area contributed by atoms with Gasteiger partial charge in [0, 0.05) is 12.6 Å². The number of halogens is 3. The zero-order chi connectivity index (χ0) is 20.1. The van der Waals surface area contributed by atoms with Crippen LogP contribution in [0.15, 0.2) is 30.0 Å². The first-order chi connectivity index (χ1) is 12.7. The first kappa shape index (κ1) is 21.0. The minimum atomic E-state index is -1.49. The number of nitrogens with two attached hydrogens (primary N) is 1. The Labute approximate surface area is 157 Å². The van der Waals surface area contributed by atoms with Crippen molar-refractivity contribution in [3.05, 3.63) is 30.0 Å². The van der Waals surface area contributed by atoms with Gasteiger partial charge in [0.05, 0.1) is 17.9 Å². The number of hydrogen-bond acceptors (Lipinski definition) is 6. The fraction of sp³-hybridized carbons (Fsp3) is 0.556. The molecule has 4 atom stereocenters. The number of fused-ring (bicyclic) bond motifs is 1. The highest BCUT2D eigenvalue weighted by Crippen LogP contribution is 2.32. The molecule has 0 saturated carbocycles. The van der Waals surface area contributed by atoms with Crippen molar-refractivity contribution in [1.29, 1.82) is 0 Å². The molecule has 4 N–H and O–H groups in total. The summed E-state index contributed by atoms with van der Waals surface area (Å²) in [5.74, 6) is -0.545. The molecule has 0 spiro atoms. The summed E-state index contributed by atoms with van der Waals surface area (Å²) in [5, 5.41) is 6.24. The summed E-state index contributed by atoms with van der Waals surface area (Å²) >= 11 is 0. The molecule has 0 amide bonds. The van der Waals surface area contributed by atoms with Crippen LogP contribution >= 0.6 is 0 Å². The maximum atomic E-state index is 14.3. The molecule has 1 aliphatic heterocycles. The molecular formula is C18H27F3N6. The molecular weight excluding hydrogens is 357 g/mol. The zero-order valence-electron chi connectivity index (χ0n) is 16.0. The predicted octanol–water partition coefficient (Wildman–Crippen LogP) is 3.66. The average molecular weight is 384 g/mol. The summed E-state index contributed by atoms with van der Waals surface area (Å²) in [7, 11) is 0. The van der Waals surface area contributed by atoms with Gasteiger partial charge in [-0.1, -0.05) is 20.3 Å². The Balaban J connectivity index is 2.17. The molecule has 2 rings (SSSR count). The van der Waals surface area contributed by atoms with Crippen LogP contribution in [-0.2, 0) is 0 Å². The molecule has 6 nitrogen and oxygen atoms in total. The standard InChI is InChI=1S/C18H27F3N6/c1-5-10(2)9-27-16-15(8-23-17(22)26-16)25-18(27)24-12(4)14(21)7-13(20)6-11(3)19/h6-8,10-12,18,24-25H,5,9H2,1-4H3,(H2,22,23,26)/b13-6+,14-7+. The van der Waals surface area contributed by atoms with Gasteiger partial charge in [-0.25, -0.2) is 18.2 Å². The molecule has 1 aliphatic rings. The Morgan fingerprint density at radius 2 is 2.11 bits per heavy atom. The molecule has 9 heteroatoms. The smallest absolute Gasteiger partial charge is 0.222 e. The van der Waals surface area contributed by atoms with Crippen LogP contribution in [0, 0.1) is 5.92 Å². The fourth-order valence-corrected chi connectivity index (χ4v) is 2.68. The van der Waals surface area contributed by atoms with E-state index < -0.39 is 30.2 Å². The van der Waals surface area contributed by atoms with Gasteiger partial charge in [0.2, 0.25) is 5.95 Å². The summed E-state index contributed by atoms with van der Waals surface area (Å²) in [6.07, 6.45) is 1.98. The van der Waals surface area contributed by atoms with Gasteiger partial charge in [0.1, 0.15) is 17.8 Å². The van der Waals surface area contributed by atoms with Gasteiger partial charge in [-0.3, -0.25) is 5.32 Å². The van der Waals surface area contributed by atoms with Gasteiger partial charge >= 0.3 is 0 Å². The Bertz CT molecular complexity index is 706. The second-order valence-corrected chi connectivity index (χ2v) is 6.82. The number of rotatable bonds is 8. The number of alkyl halides is 1. The van der Waals surface area contributed by atoms with E-state index >= 15 is 0 Å². The molecule has 27 heavy (non-hydrogen) atoms. The molecule has 1 aromatic heterocycles. The van der Waals surface area contributed by atoms with E-state index in [2.05, 4.69) is 34.4 Å². The summed E-state index contributed by atoms with van der Waals surface area (Å²) in [6.45, 7) is 7.58. The van der Waals surface area contributed by atoms with E-state index in [9.17, 15) is 13.2 Å². The Morgan fingerprint density at radius 3 is 2.74 bits per heavy atom. The van der Waals surface area contributed by atoms with Crippen LogP contribution in [-0.4, -0.2) is 35.0 Å². The second kappa shape index (κ2) is 9.07. The van der Waals surface area contributed by atoms with Crippen molar-refractivity contribution in [2.75, 3.05) is 22.5 Å². The monoisotopic (exact) mass is 384 g/mol. The summed E-state index contributed by atoms with van der Waals surface area (Å²) in [4.78, 5) is 10.2. The predicted molar refractivity (Wildman–Crippen MR) is 102 cm³/mol. The van der Waals surface area contributed by atoms with Crippen molar-refractivity contribution in [2.24, 2.45) is 5.92 Å². The highest BCUT2D eigenvalue weighted by molar-refractivity contribution is 5.72. The third-order valence-electron chi connectivity index (χ3n) is 4.35. The van der Waals surface area contributed by atoms with Crippen molar-refractivity contribution in [2.45, 2.75) is 52.6 Å².